The third-order valence-electron chi connectivity index (χ3n) is 3.69. The lowest BCUT2D eigenvalue weighted by Crippen LogP contribution is -2.47. The van der Waals surface area contributed by atoms with E-state index in [-0.39, 0.29) is 6.04 Å². The molecular weight excluding hydrogens is 238 g/mol. The van der Waals surface area contributed by atoms with Crippen LogP contribution in [0.1, 0.15) is 6.42 Å². The molecule has 100 valence electrons. The Hall–Kier alpha value is -0.170. The van der Waals surface area contributed by atoms with Gasteiger partial charge in [0.2, 0.25) is 0 Å². The fourth-order valence-electron chi connectivity index (χ4n) is 2.45. The summed E-state index contributed by atoms with van der Waals surface area (Å²) in [5.74, 6) is 0.689. The molecule has 2 aliphatic heterocycles. The number of likely N-dealkylation sites (N-methyl/N-ethyl adjacent to an activating group) is 1. The van der Waals surface area contributed by atoms with Gasteiger partial charge in [0.1, 0.15) is 0 Å². The van der Waals surface area contributed by atoms with E-state index >= 15 is 0 Å². The third-order valence-corrected chi connectivity index (χ3v) is 5.46. The number of piperazine rings is 1. The van der Waals surface area contributed by atoms with Crippen molar-refractivity contribution >= 4 is 9.84 Å². The van der Waals surface area contributed by atoms with E-state index in [9.17, 15) is 8.42 Å². The van der Waals surface area contributed by atoms with Gasteiger partial charge in [0.25, 0.3) is 0 Å². The van der Waals surface area contributed by atoms with Crippen molar-refractivity contribution in [1.29, 1.82) is 0 Å². The molecule has 2 heterocycles. The zero-order valence-electron chi connectivity index (χ0n) is 10.6. The van der Waals surface area contributed by atoms with Crippen LogP contribution < -0.4 is 5.32 Å². The largest absolute Gasteiger partial charge is 0.312 e. The monoisotopic (exact) mass is 261 g/mol. The predicted octanol–water partition coefficient (Wildman–Crippen LogP) is -0.989. The maximum atomic E-state index is 11.3. The first-order valence-corrected chi connectivity index (χ1v) is 8.22. The van der Waals surface area contributed by atoms with E-state index in [0.29, 0.717) is 11.5 Å². The summed E-state index contributed by atoms with van der Waals surface area (Å²) in [6.07, 6.45) is 0.783. The summed E-state index contributed by atoms with van der Waals surface area (Å²) in [7, 11) is -0.589. The molecule has 0 saturated carbocycles. The third kappa shape index (κ3) is 4.21. The Bertz CT molecular complexity index is 337. The molecule has 0 aromatic carbocycles. The van der Waals surface area contributed by atoms with E-state index < -0.39 is 9.84 Å². The number of rotatable bonds is 4. The normalized spacial score (nSPS) is 30.8. The molecule has 17 heavy (non-hydrogen) atoms. The van der Waals surface area contributed by atoms with Crippen LogP contribution in [0.3, 0.4) is 0 Å². The van der Waals surface area contributed by atoms with Crippen LogP contribution in [0.5, 0.6) is 0 Å². The molecule has 0 bridgehead atoms. The summed E-state index contributed by atoms with van der Waals surface area (Å²) in [6, 6.07) is 0.187. The van der Waals surface area contributed by atoms with Crippen molar-refractivity contribution in [2.45, 2.75) is 12.5 Å². The molecule has 2 rings (SSSR count). The number of hydrogen-bond donors (Lipinski definition) is 1. The van der Waals surface area contributed by atoms with Gasteiger partial charge in [-0.2, -0.15) is 0 Å². The highest BCUT2D eigenvalue weighted by Crippen LogP contribution is 2.10. The first-order chi connectivity index (χ1) is 8.05. The summed E-state index contributed by atoms with van der Waals surface area (Å²) in [6.45, 7) is 6.46. The fourth-order valence-corrected chi connectivity index (χ4v) is 4.16. The SMILES string of the molecule is CN1CCN(CCNC2CCS(=O)(=O)C2)CC1. The topological polar surface area (TPSA) is 52.6 Å². The van der Waals surface area contributed by atoms with Crippen LogP contribution >= 0.6 is 0 Å². The molecule has 0 radical (unpaired) electrons. The average Bonchev–Trinajstić information content (AvgIpc) is 2.61. The average molecular weight is 261 g/mol. The van der Waals surface area contributed by atoms with Gasteiger partial charge >= 0.3 is 0 Å². The molecule has 0 aromatic heterocycles. The lowest BCUT2D eigenvalue weighted by atomic mass is 10.2. The first-order valence-electron chi connectivity index (χ1n) is 6.40. The highest BCUT2D eigenvalue weighted by atomic mass is 32.2. The zero-order valence-corrected chi connectivity index (χ0v) is 11.4. The van der Waals surface area contributed by atoms with Gasteiger partial charge in [-0.25, -0.2) is 8.42 Å². The van der Waals surface area contributed by atoms with Crippen molar-refractivity contribution in [2.24, 2.45) is 0 Å². The van der Waals surface area contributed by atoms with Crippen molar-refractivity contribution in [1.82, 2.24) is 15.1 Å². The second kappa shape index (κ2) is 5.65. The van der Waals surface area contributed by atoms with Crippen molar-refractivity contribution in [3.8, 4) is 0 Å². The molecule has 0 amide bonds. The van der Waals surface area contributed by atoms with Gasteiger partial charge in [0, 0.05) is 45.3 Å². The van der Waals surface area contributed by atoms with Crippen LogP contribution in [0.25, 0.3) is 0 Å². The van der Waals surface area contributed by atoms with Crippen molar-refractivity contribution < 1.29 is 8.42 Å². The minimum atomic E-state index is -2.74. The minimum absolute atomic E-state index is 0.187. The van der Waals surface area contributed by atoms with E-state index in [0.717, 1.165) is 45.7 Å². The van der Waals surface area contributed by atoms with Crippen molar-refractivity contribution in [3.63, 3.8) is 0 Å². The second-order valence-corrected chi connectivity index (χ2v) is 7.43. The summed E-state index contributed by atoms with van der Waals surface area (Å²) < 4.78 is 22.6. The van der Waals surface area contributed by atoms with Crippen LogP contribution in [0.2, 0.25) is 0 Å². The Labute approximate surface area is 104 Å². The number of hydrogen-bond acceptors (Lipinski definition) is 5. The Morgan fingerprint density at radius 2 is 1.94 bits per heavy atom. The molecule has 0 aliphatic carbocycles. The van der Waals surface area contributed by atoms with Gasteiger partial charge in [-0.15, -0.1) is 0 Å². The maximum absolute atomic E-state index is 11.3. The quantitative estimate of drug-likeness (QED) is 0.704. The molecule has 1 atom stereocenters. The Morgan fingerprint density at radius 1 is 1.24 bits per heavy atom. The Kier molecular flexibility index (Phi) is 4.41. The Morgan fingerprint density at radius 3 is 2.53 bits per heavy atom. The van der Waals surface area contributed by atoms with Gasteiger partial charge < -0.3 is 10.2 Å². The van der Waals surface area contributed by atoms with Crippen LogP contribution in [-0.4, -0.2) is 82.1 Å². The molecule has 2 aliphatic rings. The molecule has 6 heteroatoms. The summed E-state index contributed by atoms with van der Waals surface area (Å²) in [4.78, 5) is 4.78. The molecule has 2 fully saturated rings. The summed E-state index contributed by atoms with van der Waals surface area (Å²) in [5.41, 5.74) is 0. The second-order valence-electron chi connectivity index (χ2n) is 5.20. The minimum Gasteiger partial charge on any atom is -0.312 e. The zero-order chi connectivity index (χ0) is 12.3. The summed E-state index contributed by atoms with van der Waals surface area (Å²) >= 11 is 0. The van der Waals surface area contributed by atoms with E-state index in [1.165, 1.54) is 0 Å². The number of nitrogens with one attached hydrogen (secondary N) is 1. The van der Waals surface area contributed by atoms with Crippen LogP contribution in [0, 0.1) is 0 Å². The van der Waals surface area contributed by atoms with Gasteiger partial charge in [-0.3, -0.25) is 4.90 Å². The number of sulfone groups is 1. The maximum Gasteiger partial charge on any atom is 0.151 e. The smallest absolute Gasteiger partial charge is 0.151 e. The molecule has 1 N–H and O–H groups in total. The van der Waals surface area contributed by atoms with Crippen molar-refractivity contribution in [2.75, 3.05) is 57.8 Å². The van der Waals surface area contributed by atoms with Crippen LogP contribution in [0.15, 0.2) is 0 Å². The number of nitrogens with zero attached hydrogens (tertiary/aromatic N) is 2. The summed E-state index contributed by atoms with van der Waals surface area (Å²) in [5, 5.41) is 3.36. The highest BCUT2D eigenvalue weighted by Gasteiger charge is 2.27. The van der Waals surface area contributed by atoms with Crippen LogP contribution in [-0.2, 0) is 9.84 Å². The van der Waals surface area contributed by atoms with Gasteiger partial charge in [0.05, 0.1) is 11.5 Å². The molecule has 1 unspecified atom stereocenters. The van der Waals surface area contributed by atoms with Gasteiger partial charge in [-0.1, -0.05) is 0 Å². The van der Waals surface area contributed by atoms with E-state index in [2.05, 4.69) is 22.2 Å². The lowest BCUT2D eigenvalue weighted by molar-refractivity contribution is 0.154. The molecular formula is C11H23N3O2S. The van der Waals surface area contributed by atoms with Gasteiger partial charge in [-0.05, 0) is 13.5 Å². The fraction of sp³-hybridized carbons (Fsp3) is 1.00. The van der Waals surface area contributed by atoms with E-state index in [1.807, 2.05) is 0 Å². The van der Waals surface area contributed by atoms with E-state index in [4.69, 9.17) is 0 Å². The predicted molar refractivity (Wildman–Crippen MR) is 69.0 cm³/mol. The standard InChI is InChI=1S/C11H23N3O2S/c1-13-5-7-14(8-6-13)4-3-12-11-2-9-17(15,16)10-11/h11-12H,2-10H2,1H3. The Balaban J connectivity index is 1.60. The van der Waals surface area contributed by atoms with Gasteiger partial charge in [0.15, 0.2) is 9.84 Å². The van der Waals surface area contributed by atoms with E-state index in [1.54, 1.807) is 0 Å². The molecule has 2 saturated heterocycles. The lowest BCUT2D eigenvalue weighted by Gasteiger charge is -2.32. The molecule has 0 aromatic rings. The van der Waals surface area contributed by atoms with Crippen LogP contribution in [0.4, 0.5) is 0 Å². The highest BCUT2D eigenvalue weighted by molar-refractivity contribution is 7.91. The molecule has 5 nitrogen and oxygen atoms in total. The molecule has 0 spiro atoms. The van der Waals surface area contributed by atoms with Crippen molar-refractivity contribution in [3.05, 3.63) is 0 Å². The first kappa shape index (κ1) is 13.3.